The summed E-state index contributed by atoms with van der Waals surface area (Å²) in [5.41, 5.74) is 1.21. The molecule has 3 amide bonds. The number of aromatic amines is 1. The first-order chi connectivity index (χ1) is 16.3. The van der Waals surface area contributed by atoms with Gasteiger partial charge in [-0.15, -0.1) is 6.42 Å². The number of likely N-dealkylation sites (tertiary alicyclic amines) is 1. The van der Waals surface area contributed by atoms with E-state index in [4.69, 9.17) is 11.2 Å². The highest BCUT2D eigenvalue weighted by Crippen LogP contribution is 2.32. The van der Waals surface area contributed by atoms with Gasteiger partial charge in [0.25, 0.3) is 5.91 Å². The summed E-state index contributed by atoms with van der Waals surface area (Å²) in [4.78, 5) is 43.6. The molecule has 0 saturated carbocycles. The molecule has 2 aliphatic heterocycles. The molecule has 0 bridgehead atoms. The summed E-state index contributed by atoms with van der Waals surface area (Å²) < 4.78 is 5.42. The number of hydrogen-bond donors (Lipinski definition) is 3. The third-order valence-electron chi connectivity index (χ3n) is 7.11. The quantitative estimate of drug-likeness (QED) is 0.547. The number of methoxy groups -OCH3 is 1. The lowest BCUT2D eigenvalue weighted by Gasteiger charge is -2.25. The second-order valence-corrected chi connectivity index (χ2v) is 9.56. The molecule has 0 aliphatic carbocycles. The lowest BCUT2D eigenvalue weighted by molar-refractivity contribution is -0.126. The van der Waals surface area contributed by atoms with Crippen molar-refractivity contribution in [1.82, 2.24) is 20.5 Å². The zero-order valence-corrected chi connectivity index (χ0v) is 19.9. The number of H-pyrrole nitrogens is 1. The number of amides is 3. The topological polar surface area (TPSA) is 104 Å². The Morgan fingerprint density at radius 1 is 1.35 bits per heavy atom. The Morgan fingerprint density at radius 2 is 2.15 bits per heavy atom. The predicted octanol–water partition coefficient (Wildman–Crippen LogP) is 2.31. The molecule has 3 N–H and O–H groups in total. The molecular formula is C26H32N4O4. The van der Waals surface area contributed by atoms with E-state index >= 15 is 0 Å². The average Bonchev–Trinajstić information content (AvgIpc) is 3.56. The maximum atomic E-state index is 13.6. The van der Waals surface area contributed by atoms with Crippen molar-refractivity contribution in [1.29, 1.82) is 0 Å². The number of terminal acetylenes is 1. The Morgan fingerprint density at radius 3 is 2.79 bits per heavy atom. The molecule has 4 rings (SSSR count). The zero-order chi connectivity index (χ0) is 24.4. The van der Waals surface area contributed by atoms with Crippen molar-refractivity contribution in [2.45, 2.75) is 45.2 Å². The Bertz CT molecular complexity index is 1130. The van der Waals surface area contributed by atoms with E-state index in [2.05, 4.69) is 35.4 Å². The molecule has 1 aromatic carbocycles. The van der Waals surface area contributed by atoms with Gasteiger partial charge in [0.15, 0.2) is 0 Å². The first-order valence-corrected chi connectivity index (χ1v) is 11.8. The van der Waals surface area contributed by atoms with E-state index in [1.165, 1.54) is 0 Å². The van der Waals surface area contributed by atoms with Crippen LogP contribution in [0.1, 0.15) is 43.6 Å². The lowest BCUT2D eigenvalue weighted by atomic mass is 9.93. The van der Waals surface area contributed by atoms with Crippen molar-refractivity contribution in [3.63, 3.8) is 0 Å². The smallest absolute Gasteiger partial charge is 0.270 e. The molecule has 180 valence electrons. The van der Waals surface area contributed by atoms with E-state index in [1.54, 1.807) is 18.1 Å². The van der Waals surface area contributed by atoms with Crippen LogP contribution in [0.2, 0.25) is 0 Å². The van der Waals surface area contributed by atoms with Crippen molar-refractivity contribution < 1.29 is 19.1 Å². The number of ether oxygens (including phenoxy) is 1. The maximum absolute atomic E-state index is 13.6. The van der Waals surface area contributed by atoms with Gasteiger partial charge in [-0.2, -0.15) is 0 Å². The van der Waals surface area contributed by atoms with Crippen LogP contribution in [0.4, 0.5) is 0 Å². The highest BCUT2D eigenvalue weighted by molar-refractivity contribution is 6.01. The Labute approximate surface area is 199 Å². The fourth-order valence-corrected chi connectivity index (χ4v) is 4.99. The van der Waals surface area contributed by atoms with Gasteiger partial charge in [-0.25, -0.2) is 0 Å². The van der Waals surface area contributed by atoms with Crippen molar-refractivity contribution >= 4 is 28.6 Å². The SMILES string of the molecule is C#CC(CC1CCNC1=O)NC(=O)C1CC(C(C)C)CN1C(=O)c1cc2c(OC)cccc2[nH]1. The maximum Gasteiger partial charge on any atom is 0.270 e. The number of fused-ring (bicyclic) bond motifs is 1. The van der Waals surface area contributed by atoms with Crippen molar-refractivity contribution in [2.24, 2.45) is 17.8 Å². The number of nitrogens with one attached hydrogen (secondary N) is 3. The van der Waals surface area contributed by atoms with Gasteiger partial charge in [0.2, 0.25) is 11.8 Å². The van der Waals surface area contributed by atoms with Crippen LogP contribution < -0.4 is 15.4 Å². The van der Waals surface area contributed by atoms with Crippen molar-refractivity contribution in [3.8, 4) is 18.1 Å². The van der Waals surface area contributed by atoms with Crippen LogP contribution in [0, 0.1) is 30.1 Å². The Kier molecular flexibility index (Phi) is 6.82. The summed E-state index contributed by atoms with van der Waals surface area (Å²) in [5.74, 6) is 3.08. The van der Waals surface area contributed by atoms with Crippen LogP contribution in [0.3, 0.4) is 0 Å². The van der Waals surface area contributed by atoms with E-state index < -0.39 is 12.1 Å². The molecule has 2 fully saturated rings. The summed E-state index contributed by atoms with van der Waals surface area (Å²) in [5, 5.41) is 6.53. The molecule has 2 saturated heterocycles. The van der Waals surface area contributed by atoms with E-state index in [0.29, 0.717) is 49.7 Å². The Balaban J connectivity index is 1.54. The van der Waals surface area contributed by atoms with E-state index in [0.717, 1.165) is 10.9 Å². The highest BCUT2D eigenvalue weighted by atomic mass is 16.5. The van der Waals surface area contributed by atoms with Crippen LogP contribution in [0.15, 0.2) is 24.3 Å². The molecule has 34 heavy (non-hydrogen) atoms. The summed E-state index contributed by atoms with van der Waals surface area (Å²) in [6.07, 6.45) is 7.35. The number of rotatable bonds is 7. The highest BCUT2D eigenvalue weighted by Gasteiger charge is 2.42. The van der Waals surface area contributed by atoms with Gasteiger partial charge < -0.3 is 25.3 Å². The number of benzene rings is 1. The van der Waals surface area contributed by atoms with E-state index in [-0.39, 0.29) is 29.6 Å². The minimum Gasteiger partial charge on any atom is -0.496 e. The first kappa shape index (κ1) is 23.7. The monoisotopic (exact) mass is 464 g/mol. The number of carbonyl (C=O) groups is 3. The fourth-order valence-electron chi connectivity index (χ4n) is 4.99. The summed E-state index contributed by atoms with van der Waals surface area (Å²) in [6, 6.07) is 6.18. The average molecular weight is 465 g/mol. The molecule has 8 heteroatoms. The van der Waals surface area contributed by atoms with Crippen LogP contribution in [-0.2, 0) is 9.59 Å². The van der Waals surface area contributed by atoms with Gasteiger partial charge in [-0.3, -0.25) is 14.4 Å². The minimum atomic E-state index is -0.624. The number of nitrogens with zero attached hydrogens (tertiary/aromatic N) is 1. The summed E-state index contributed by atoms with van der Waals surface area (Å²) in [7, 11) is 1.59. The van der Waals surface area contributed by atoms with Crippen LogP contribution in [-0.4, -0.2) is 59.9 Å². The fraction of sp³-hybridized carbons (Fsp3) is 0.500. The summed E-state index contributed by atoms with van der Waals surface area (Å²) in [6.45, 7) is 5.33. The molecule has 3 heterocycles. The van der Waals surface area contributed by atoms with Gasteiger partial charge in [-0.05, 0) is 49.3 Å². The van der Waals surface area contributed by atoms with Crippen molar-refractivity contribution in [2.75, 3.05) is 20.2 Å². The van der Waals surface area contributed by atoms with Crippen LogP contribution in [0.5, 0.6) is 5.75 Å². The third kappa shape index (κ3) is 4.60. The molecular weight excluding hydrogens is 432 g/mol. The molecule has 4 atom stereocenters. The van der Waals surface area contributed by atoms with Crippen LogP contribution >= 0.6 is 0 Å². The largest absolute Gasteiger partial charge is 0.496 e. The zero-order valence-electron chi connectivity index (χ0n) is 19.9. The molecule has 0 spiro atoms. The van der Waals surface area contributed by atoms with E-state index in [9.17, 15) is 14.4 Å². The standard InChI is InChI=1S/C26H32N4O4/c1-5-18(11-16-9-10-27-24(16)31)28-25(32)22-12-17(15(2)3)14-30(22)26(33)21-13-19-20(29-21)7-6-8-23(19)34-4/h1,6-8,13,15-18,22,29H,9-12,14H2,2-4H3,(H,27,31)(H,28,32). The number of hydrogen-bond acceptors (Lipinski definition) is 4. The lowest BCUT2D eigenvalue weighted by Crippen LogP contribution is -2.49. The van der Waals surface area contributed by atoms with Gasteiger partial charge in [-0.1, -0.05) is 25.8 Å². The molecule has 4 unspecified atom stereocenters. The molecule has 2 aromatic rings. The summed E-state index contributed by atoms with van der Waals surface area (Å²) >= 11 is 0. The second kappa shape index (κ2) is 9.80. The van der Waals surface area contributed by atoms with Gasteiger partial charge >= 0.3 is 0 Å². The molecule has 1 aromatic heterocycles. The minimum absolute atomic E-state index is 0.0266. The Hall–Kier alpha value is -3.47. The predicted molar refractivity (Wildman–Crippen MR) is 129 cm³/mol. The molecule has 2 aliphatic rings. The van der Waals surface area contributed by atoms with Crippen LogP contribution in [0.25, 0.3) is 10.9 Å². The van der Waals surface area contributed by atoms with Gasteiger partial charge in [0.05, 0.1) is 13.2 Å². The van der Waals surface area contributed by atoms with E-state index in [1.807, 2.05) is 18.2 Å². The van der Waals surface area contributed by atoms with Gasteiger partial charge in [0, 0.05) is 29.9 Å². The normalized spacial score (nSPS) is 23.1. The van der Waals surface area contributed by atoms with Crippen molar-refractivity contribution in [3.05, 3.63) is 30.0 Å². The first-order valence-electron chi connectivity index (χ1n) is 11.8. The molecule has 8 nitrogen and oxygen atoms in total. The molecule has 0 radical (unpaired) electrons. The van der Waals surface area contributed by atoms with Gasteiger partial charge in [0.1, 0.15) is 17.5 Å². The number of aromatic nitrogens is 1. The third-order valence-corrected chi connectivity index (χ3v) is 7.11. The second-order valence-electron chi connectivity index (χ2n) is 9.56. The number of carbonyl (C=O) groups excluding carboxylic acids is 3.